The maximum absolute atomic E-state index is 7.45. The molecule has 5 rings (SSSR count). The van der Waals surface area contributed by atoms with Crippen molar-refractivity contribution >= 4 is 109 Å². The van der Waals surface area contributed by atoms with E-state index in [0.717, 1.165) is 24.7 Å². The zero-order valence-corrected chi connectivity index (χ0v) is 51.4. The number of fused-ring (bicyclic) bond motifs is 2. The number of hydrogen-bond acceptors (Lipinski definition) is 6. The molecule has 0 aliphatic heterocycles. The topological polar surface area (TPSA) is 18.5 Å². The van der Waals surface area contributed by atoms with E-state index in [4.69, 9.17) is 9.47 Å². The first kappa shape index (κ1) is 54.7. The Balaban J connectivity index is 1.61. The molecular formula is C56H90O2S4Sn2. The fourth-order valence-electron chi connectivity index (χ4n) is 9.56. The zero-order chi connectivity index (χ0) is 46.0. The van der Waals surface area contributed by atoms with E-state index in [-0.39, 0.29) is 0 Å². The van der Waals surface area contributed by atoms with Crippen molar-refractivity contribution in [2.45, 2.75) is 211 Å². The molecule has 0 aliphatic rings. The monoisotopic (exact) mass is 1160 g/mol. The minimum atomic E-state index is -2.40. The maximum atomic E-state index is 7.45. The van der Waals surface area contributed by atoms with E-state index >= 15 is 0 Å². The molecular weight excluding hydrogens is 1070 g/mol. The standard InChI is InChI=1S/C50H72O2S4.6CH3.2Sn/c1-5-9-13-17-19-23-29-39(27-21-15-11-7-3)37-51-47-41-35-45(43-31-25-33-53-43)56-50(41)48(42-36-46(55-49(42)47)44-32-26-34-54-44)52-38-40(28-22-16-12-8-4)30-24-20-18-14-10-6-2;;;;;;;;/h25-26,33-36,39-40H,5-24,27-30,37-38H2,1-4H3;6*1H3;;. The van der Waals surface area contributed by atoms with Gasteiger partial charge in [-0.05, 0) is 0 Å². The third kappa shape index (κ3) is 16.4. The second-order valence-electron chi connectivity index (χ2n) is 21.4. The van der Waals surface area contributed by atoms with Crippen molar-refractivity contribution in [3.63, 3.8) is 0 Å². The second-order valence-corrected chi connectivity index (χ2v) is 54.1. The van der Waals surface area contributed by atoms with Crippen molar-refractivity contribution in [3.05, 3.63) is 35.0 Å². The van der Waals surface area contributed by atoms with Crippen molar-refractivity contribution in [3.8, 4) is 31.0 Å². The van der Waals surface area contributed by atoms with E-state index in [1.165, 1.54) is 194 Å². The quantitative estimate of drug-likeness (QED) is 0.0302. The molecule has 4 aromatic heterocycles. The Morgan fingerprint density at radius 3 is 1.08 bits per heavy atom. The van der Waals surface area contributed by atoms with Crippen molar-refractivity contribution in [2.75, 3.05) is 13.2 Å². The van der Waals surface area contributed by atoms with Gasteiger partial charge in [-0.3, -0.25) is 0 Å². The Hall–Kier alpha value is -0.263. The molecule has 0 fully saturated rings. The Bertz CT molecular complexity index is 1860. The Labute approximate surface area is 417 Å². The summed E-state index contributed by atoms with van der Waals surface area (Å²) in [7, 11) is 0. The van der Waals surface area contributed by atoms with Crippen LogP contribution < -0.4 is 16.6 Å². The average Bonchev–Trinajstić information content (AvgIpc) is 4.10. The second kappa shape index (κ2) is 28.4. The fraction of sp³-hybridized carbons (Fsp3) is 0.679. The predicted molar refractivity (Wildman–Crippen MR) is 301 cm³/mol. The summed E-state index contributed by atoms with van der Waals surface area (Å²) in [4.78, 5) is 21.3. The Morgan fingerprint density at radius 1 is 0.438 bits per heavy atom. The molecule has 0 radical (unpaired) electrons. The molecule has 64 heavy (non-hydrogen) atoms. The van der Waals surface area contributed by atoms with Crippen LogP contribution in [0.2, 0.25) is 29.6 Å². The number of unbranched alkanes of at least 4 members (excludes halogenated alkanes) is 16. The van der Waals surface area contributed by atoms with E-state index in [0.29, 0.717) is 11.8 Å². The molecule has 0 aliphatic carbocycles. The molecule has 0 saturated carbocycles. The van der Waals surface area contributed by atoms with Gasteiger partial charge in [-0.1, -0.05) is 105 Å². The minimum absolute atomic E-state index is 0.592. The van der Waals surface area contributed by atoms with Crippen LogP contribution in [0.25, 0.3) is 39.7 Å². The van der Waals surface area contributed by atoms with Gasteiger partial charge >= 0.3 is 317 Å². The zero-order valence-electron chi connectivity index (χ0n) is 42.5. The van der Waals surface area contributed by atoms with Gasteiger partial charge in [0.2, 0.25) is 0 Å². The molecule has 1 aromatic carbocycles. The molecule has 2 unspecified atom stereocenters. The van der Waals surface area contributed by atoms with Crippen LogP contribution in [0, 0.1) is 11.8 Å². The van der Waals surface area contributed by atoms with Gasteiger partial charge in [0.05, 0.1) is 0 Å². The van der Waals surface area contributed by atoms with Crippen LogP contribution in [0.15, 0.2) is 35.0 Å². The van der Waals surface area contributed by atoms with E-state index < -0.39 is 36.8 Å². The van der Waals surface area contributed by atoms with E-state index in [1.54, 1.807) is 7.16 Å². The van der Waals surface area contributed by atoms with Gasteiger partial charge < -0.3 is 0 Å². The molecule has 0 bridgehead atoms. The molecule has 0 N–H and O–H groups in total. The van der Waals surface area contributed by atoms with Crippen LogP contribution in [0.4, 0.5) is 0 Å². The third-order valence-corrected chi connectivity index (χ3v) is 30.6. The summed E-state index contributed by atoms with van der Waals surface area (Å²) < 4.78 is 20.8. The average molecular weight is 1160 g/mol. The Morgan fingerprint density at radius 2 is 0.750 bits per heavy atom. The van der Waals surface area contributed by atoms with Crippen molar-refractivity contribution in [1.29, 1.82) is 0 Å². The molecule has 4 heterocycles. The van der Waals surface area contributed by atoms with E-state index in [2.05, 4.69) is 92.4 Å². The molecule has 0 saturated heterocycles. The number of benzene rings is 1. The molecule has 0 spiro atoms. The van der Waals surface area contributed by atoms with Gasteiger partial charge in [0.25, 0.3) is 0 Å². The number of ether oxygens (including phenoxy) is 2. The van der Waals surface area contributed by atoms with Crippen LogP contribution in [0.1, 0.15) is 182 Å². The van der Waals surface area contributed by atoms with Crippen molar-refractivity contribution < 1.29 is 9.47 Å². The fourth-order valence-corrected chi connectivity index (χ4v) is 28.1. The van der Waals surface area contributed by atoms with Crippen LogP contribution in [-0.4, -0.2) is 50.0 Å². The number of hydrogen-bond donors (Lipinski definition) is 0. The summed E-state index contributed by atoms with van der Waals surface area (Å²) in [5, 5.41) is 7.29. The van der Waals surface area contributed by atoms with Gasteiger partial charge in [-0.25, -0.2) is 0 Å². The summed E-state index contributed by atoms with van der Waals surface area (Å²) in [5.41, 5.74) is 0. The van der Waals surface area contributed by atoms with E-state index in [1.807, 2.05) is 45.3 Å². The first-order chi connectivity index (χ1) is 30.9. The first-order valence-corrected chi connectivity index (χ1v) is 49.7. The SMILES string of the molecule is CCCCCCCCC(CCCCCC)COc1c2cc(-c3scc[c]3[Sn]([CH3])([CH3])[CH3])sc2c(OCC(CCCCCC)CCCCCCCC)c2cc(-c3scc[c]3[Sn]([CH3])([CH3])[CH3])sc12. The predicted octanol–water partition coefficient (Wildman–Crippen LogP) is 20.1. The molecule has 2 atom stereocenters. The number of thiophene rings is 4. The van der Waals surface area contributed by atoms with Crippen LogP contribution in [-0.2, 0) is 0 Å². The summed E-state index contributed by atoms with van der Waals surface area (Å²) in [6.07, 6.45) is 32.0. The van der Waals surface area contributed by atoms with Gasteiger partial charge in [0, 0.05) is 0 Å². The molecule has 358 valence electrons. The van der Waals surface area contributed by atoms with E-state index in [9.17, 15) is 0 Å². The van der Waals surface area contributed by atoms with Gasteiger partial charge in [-0.2, -0.15) is 0 Å². The van der Waals surface area contributed by atoms with Gasteiger partial charge in [0.1, 0.15) is 0 Å². The van der Waals surface area contributed by atoms with Gasteiger partial charge in [0.15, 0.2) is 0 Å². The summed E-state index contributed by atoms with van der Waals surface area (Å²) in [5.74, 6) is 3.45. The summed E-state index contributed by atoms with van der Waals surface area (Å²) >= 11 is 3.10. The van der Waals surface area contributed by atoms with Crippen LogP contribution in [0.3, 0.4) is 0 Å². The molecule has 0 amide bonds. The molecule has 8 heteroatoms. The molecule has 2 nitrogen and oxygen atoms in total. The van der Waals surface area contributed by atoms with Gasteiger partial charge in [-0.15, -0.1) is 0 Å². The summed E-state index contributed by atoms with van der Waals surface area (Å²) in [6.45, 7) is 10.9. The third-order valence-electron chi connectivity index (χ3n) is 13.6. The molecule has 5 aromatic rings. The Kier molecular flexibility index (Phi) is 24.3. The van der Waals surface area contributed by atoms with Crippen molar-refractivity contribution in [2.24, 2.45) is 11.8 Å². The van der Waals surface area contributed by atoms with Crippen LogP contribution in [0.5, 0.6) is 11.5 Å². The van der Waals surface area contributed by atoms with Crippen LogP contribution >= 0.6 is 45.3 Å². The number of rotatable bonds is 34. The normalized spacial score (nSPS) is 13.4. The summed E-state index contributed by atoms with van der Waals surface area (Å²) in [6, 6.07) is 9.99. The van der Waals surface area contributed by atoms with Crippen molar-refractivity contribution in [1.82, 2.24) is 0 Å². The first-order valence-electron chi connectivity index (χ1n) is 26.4.